The number of aryl methyl sites for hydroxylation is 2. The van der Waals surface area contributed by atoms with Crippen LogP contribution in [0.4, 0.5) is 0 Å². The number of nitrogens with one attached hydrogen (secondary N) is 1. The standard InChI is InChI=1S/C19H20N4O2S/c1-4-25-16-7-5-15(6-8-16)18-21-22-19(26)23(18)20-11-14-9-12(2)17(24)13(3)10-14/h5-11,24H,4H2,1-3H3,(H,22,26)/b20-11+. The van der Waals surface area contributed by atoms with E-state index in [1.54, 1.807) is 10.9 Å². The fourth-order valence-corrected chi connectivity index (χ4v) is 2.82. The average molecular weight is 368 g/mol. The summed E-state index contributed by atoms with van der Waals surface area (Å²) in [6.45, 7) is 6.28. The first-order valence-electron chi connectivity index (χ1n) is 8.25. The van der Waals surface area contributed by atoms with Crippen LogP contribution in [0.5, 0.6) is 11.5 Å². The molecular weight excluding hydrogens is 348 g/mol. The van der Waals surface area contributed by atoms with Crippen molar-refractivity contribution in [3.05, 3.63) is 57.9 Å². The number of hydrogen-bond acceptors (Lipinski definition) is 5. The van der Waals surface area contributed by atoms with Crippen molar-refractivity contribution in [2.75, 3.05) is 6.61 Å². The Morgan fingerprint density at radius 1 is 1.23 bits per heavy atom. The summed E-state index contributed by atoms with van der Waals surface area (Å²) in [7, 11) is 0. The van der Waals surface area contributed by atoms with Crippen molar-refractivity contribution >= 4 is 18.4 Å². The maximum Gasteiger partial charge on any atom is 0.216 e. The van der Waals surface area contributed by atoms with E-state index in [0.717, 1.165) is 28.0 Å². The van der Waals surface area contributed by atoms with Gasteiger partial charge in [-0.25, -0.2) is 5.10 Å². The summed E-state index contributed by atoms with van der Waals surface area (Å²) < 4.78 is 7.44. The highest BCUT2D eigenvalue weighted by atomic mass is 32.1. The van der Waals surface area contributed by atoms with E-state index in [9.17, 15) is 5.11 Å². The number of aromatic amines is 1. The van der Waals surface area contributed by atoms with Crippen LogP contribution < -0.4 is 4.74 Å². The molecule has 3 rings (SSSR count). The van der Waals surface area contributed by atoms with E-state index < -0.39 is 0 Å². The molecule has 0 saturated carbocycles. The van der Waals surface area contributed by atoms with Crippen molar-refractivity contribution in [3.8, 4) is 22.9 Å². The predicted octanol–water partition coefficient (Wildman–Crippen LogP) is 4.21. The first-order chi connectivity index (χ1) is 12.5. The second kappa shape index (κ2) is 7.53. The Morgan fingerprint density at radius 3 is 2.50 bits per heavy atom. The SMILES string of the molecule is CCOc1ccc(-c2n[nH]c(=S)n2/N=C/c2cc(C)c(O)c(C)c2)cc1. The van der Waals surface area contributed by atoms with Crippen LogP contribution in [0.1, 0.15) is 23.6 Å². The van der Waals surface area contributed by atoms with Gasteiger partial charge in [0.2, 0.25) is 4.77 Å². The Morgan fingerprint density at radius 2 is 1.88 bits per heavy atom. The second-order valence-corrected chi connectivity index (χ2v) is 6.26. The molecule has 0 unspecified atom stereocenters. The summed E-state index contributed by atoms with van der Waals surface area (Å²) in [6, 6.07) is 11.3. The molecule has 7 heteroatoms. The Labute approximate surface area is 156 Å². The number of nitrogens with zero attached hydrogens (tertiary/aromatic N) is 3. The van der Waals surface area contributed by atoms with Gasteiger partial charge in [0.15, 0.2) is 5.82 Å². The van der Waals surface area contributed by atoms with Crippen molar-refractivity contribution in [1.29, 1.82) is 0 Å². The quantitative estimate of drug-likeness (QED) is 0.522. The molecule has 6 nitrogen and oxygen atoms in total. The van der Waals surface area contributed by atoms with Gasteiger partial charge in [-0.15, -0.1) is 0 Å². The summed E-state index contributed by atoms with van der Waals surface area (Å²) in [5.41, 5.74) is 3.34. The van der Waals surface area contributed by atoms with Gasteiger partial charge in [-0.3, -0.25) is 0 Å². The third-order valence-corrected chi connectivity index (χ3v) is 4.17. The van der Waals surface area contributed by atoms with Gasteiger partial charge in [-0.05, 0) is 86.1 Å². The number of hydrogen-bond donors (Lipinski definition) is 2. The molecule has 0 amide bonds. The molecule has 134 valence electrons. The first kappa shape index (κ1) is 17.9. The number of aromatic nitrogens is 3. The number of phenolic OH excluding ortho intramolecular Hbond substituents is 1. The first-order valence-corrected chi connectivity index (χ1v) is 8.65. The minimum atomic E-state index is 0.303. The second-order valence-electron chi connectivity index (χ2n) is 5.87. The molecule has 1 aromatic heterocycles. The van der Waals surface area contributed by atoms with Gasteiger partial charge < -0.3 is 9.84 Å². The number of benzene rings is 2. The molecule has 0 aliphatic rings. The Hall–Kier alpha value is -2.93. The minimum absolute atomic E-state index is 0.303. The maximum absolute atomic E-state index is 9.89. The van der Waals surface area contributed by atoms with Crippen LogP contribution in [-0.2, 0) is 0 Å². The number of phenols is 1. The molecule has 0 bridgehead atoms. The summed E-state index contributed by atoms with van der Waals surface area (Å²) in [6.07, 6.45) is 1.70. The lowest BCUT2D eigenvalue weighted by molar-refractivity contribution is 0.340. The molecular formula is C19H20N4O2S. The number of aromatic hydroxyl groups is 1. The van der Waals surface area contributed by atoms with E-state index in [4.69, 9.17) is 17.0 Å². The van der Waals surface area contributed by atoms with Crippen LogP contribution in [0.25, 0.3) is 11.4 Å². The van der Waals surface area contributed by atoms with Gasteiger partial charge in [0, 0.05) is 5.56 Å². The van der Waals surface area contributed by atoms with Gasteiger partial charge in [0.25, 0.3) is 0 Å². The molecule has 0 aliphatic carbocycles. The highest BCUT2D eigenvalue weighted by Gasteiger charge is 2.09. The van der Waals surface area contributed by atoms with E-state index in [2.05, 4.69) is 15.3 Å². The van der Waals surface area contributed by atoms with Crippen LogP contribution in [-0.4, -0.2) is 32.8 Å². The highest BCUT2D eigenvalue weighted by Crippen LogP contribution is 2.23. The lowest BCUT2D eigenvalue weighted by Gasteiger charge is -2.06. The molecule has 0 aliphatic heterocycles. The molecule has 0 fully saturated rings. The topological polar surface area (TPSA) is 75.4 Å². The average Bonchev–Trinajstić information content (AvgIpc) is 2.99. The lowest BCUT2D eigenvalue weighted by atomic mass is 10.1. The number of ether oxygens (including phenoxy) is 1. The number of rotatable bonds is 5. The molecule has 0 saturated heterocycles. The molecule has 1 heterocycles. The summed E-state index contributed by atoms with van der Waals surface area (Å²) in [4.78, 5) is 0. The Bertz CT molecular complexity index is 980. The molecule has 26 heavy (non-hydrogen) atoms. The molecule has 2 N–H and O–H groups in total. The fourth-order valence-electron chi connectivity index (χ4n) is 2.64. The van der Waals surface area contributed by atoms with Gasteiger partial charge in [-0.1, -0.05) is 0 Å². The van der Waals surface area contributed by atoms with Gasteiger partial charge in [0.05, 0.1) is 12.8 Å². The lowest BCUT2D eigenvalue weighted by Crippen LogP contribution is -1.96. The van der Waals surface area contributed by atoms with E-state index in [0.29, 0.717) is 23.0 Å². The predicted molar refractivity (Wildman–Crippen MR) is 105 cm³/mol. The van der Waals surface area contributed by atoms with Crippen molar-refractivity contribution in [2.24, 2.45) is 5.10 Å². The van der Waals surface area contributed by atoms with Crippen LogP contribution in [0, 0.1) is 18.6 Å². The van der Waals surface area contributed by atoms with Gasteiger partial charge in [-0.2, -0.15) is 14.9 Å². The largest absolute Gasteiger partial charge is 0.507 e. The zero-order chi connectivity index (χ0) is 18.7. The fraction of sp³-hybridized carbons (Fsp3) is 0.211. The van der Waals surface area contributed by atoms with E-state index in [-0.39, 0.29) is 0 Å². The zero-order valence-corrected chi connectivity index (χ0v) is 15.7. The monoisotopic (exact) mass is 368 g/mol. The van der Waals surface area contributed by atoms with Gasteiger partial charge in [0.1, 0.15) is 11.5 Å². The zero-order valence-electron chi connectivity index (χ0n) is 14.9. The minimum Gasteiger partial charge on any atom is -0.507 e. The van der Waals surface area contributed by atoms with Crippen LogP contribution in [0.15, 0.2) is 41.5 Å². The van der Waals surface area contributed by atoms with Crippen molar-refractivity contribution in [2.45, 2.75) is 20.8 Å². The van der Waals surface area contributed by atoms with E-state index >= 15 is 0 Å². The molecule has 2 aromatic carbocycles. The Balaban J connectivity index is 1.94. The summed E-state index contributed by atoms with van der Waals surface area (Å²) >= 11 is 5.29. The summed E-state index contributed by atoms with van der Waals surface area (Å²) in [5.74, 6) is 1.72. The van der Waals surface area contributed by atoms with Gasteiger partial charge >= 0.3 is 0 Å². The van der Waals surface area contributed by atoms with Crippen molar-refractivity contribution < 1.29 is 9.84 Å². The highest BCUT2D eigenvalue weighted by molar-refractivity contribution is 7.71. The van der Waals surface area contributed by atoms with Crippen LogP contribution in [0.3, 0.4) is 0 Å². The third kappa shape index (κ3) is 3.67. The maximum atomic E-state index is 9.89. The number of H-pyrrole nitrogens is 1. The van der Waals surface area contributed by atoms with Crippen molar-refractivity contribution in [1.82, 2.24) is 14.9 Å². The van der Waals surface area contributed by atoms with E-state index in [1.807, 2.05) is 57.2 Å². The molecule has 0 spiro atoms. The molecule has 0 radical (unpaired) electrons. The van der Waals surface area contributed by atoms with Crippen molar-refractivity contribution in [3.63, 3.8) is 0 Å². The third-order valence-electron chi connectivity index (χ3n) is 3.91. The smallest absolute Gasteiger partial charge is 0.216 e. The van der Waals surface area contributed by atoms with Crippen LogP contribution >= 0.6 is 12.2 Å². The molecule has 0 atom stereocenters. The van der Waals surface area contributed by atoms with Crippen LogP contribution in [0.2, 0.25) is 0 Å². The Kier molecular flexibility index (Phi) is 5.18. The molecule has 3 aromatic rings. The summed E-state index contributed by atoms with van der Waals surface area (Å²) in [5, 5.41) is 21.4. The van der Waals surface area contributed by atoms with E-state index in [1.165, 1.54) is 0 Å². The normalized spacial score (nSPS) is 11.2.